The fraction of sp³-hybridized carbons (Fsp3) is 0.136. The van der Waals surface area contributed by atoms with Gasteiger partial charge in [-0.15, -0.1) is 0 Å². The van der Waals surface area contributed by atoms with E-state index in [0.717, 1.165) is 38.4 Å². The van der Waals surface area contributed by atoms with Gasteiger partial charge in [-0.05, 0) is 42.8 Å². The monoisotopic (exact) mass is 442 g/mol. The van der Waals surface area contributed by atoms with Crippen LogP contribution in [0.2, 0.25) is 5.02 Å². The normalized spacial score (nSPS) is 10.5. The smallest absolute Gasteiger partial charge is 0.125 e. The molecule has 0 unspecified atom stereocenters. The summed E-state index contributed by atoms with van der Waals surface area (Å²) in [6.45, 7) is 7.00. The number of ether oxygens (including phenoxy) is 1. The topological polar surface area (TPSA) is 25.4 Å². The molecule has 1 aromatic heterocycles. The largest absolute Gasteiger partial charge is 0.496 e. The zero-order valence-electron chi connectivity index (χ0n) is 15.2. The van der Waals surface area contributed by atoms with Crippen LogP contribution in [0.25, 0.3) is 5.70 Å². The molecule has 0 spiro atoms. The van der Waals surface area contributed by atoms with Crippen molar-refractivity contribution in [3.05, 3.63) is 93.7 Å². The van der Waals surface area contributed by atoms with Crippen molar-refractivity contribution in [1.82, 2.24) is 4.98 Å². The highest BCUT2D eigenvalue weighted by molar-refractivity contribution is 9.10. The summed E-state index contributed by atoms with van der Waals surface area (Å²) in [6.07, 6.45) is 1.77. The summed E-state index contributed by atoms with van der Waals surface area (Å²) in [4.78, 5) is 6.64. The molecule has 0 radical (unpaired) electrons. The number of nitrogens with zero attached hydrogens (tertiary/aromatic N) is 2. The summed E-state index contributed by atoms with van der Waals surface area (Å²) < 4.78 is 6.49. The summed E-state index contributed by atoms with van der Waals surface area (Å²) in [7, 11) is 1.65. The molecule has 0 saturated carbocycles. The van der Waals surface area contributed by atoms with Gasteiger partial charge < -0.3 is 9.64 Å². The van der Waals surface area contributed by atoms with E-state index in [1.54, 1.807) is 13.3 Å². The molecular formula is C22H20BrClN2O. The maximum Gasteiger partial charge on any atom is 0.125 e. The van der Waals surface area contributed by atoms with Crippen LogP contribution in [0.3, 0.4) is 0 Å². The Bertz CT molecular complexity index is 974. The molecule has 27 heavy (non-hydrogen) atoms. The van der Waals surface area contributed by atoms with Crippen molar-refractivity contribution in [2.24, 2.45) is 0 Å². The number of rotatable bonds is 6. The molecule has 0 amide bonds. The molecule has 0 N–H and O–H groups in total. The minimum absolute atomic E-state index is 0.582. The van der Waals surface area contributed by atoms with Crippen LogP contribution in [0, 0.1) is 6.92 Å². The summed E-state index contributed by atoms with van der Waals surface area (Å²) in [5.74, 6) is 0.746. The predicted octanol–water partition coefficient (Wildman–Crippen LogP) is 6.49. The summed E-state index contributed by atoms with van der Waals surface area (Å²) >= 11 is 9.64. The standard InChI is InChI=1S/C22H20BrClN2O/c1-15-6-4-5-7-21(15)26(16(2)20-12-18(23)10-11-25-20)14-17-8-9-19(24)13-22(17)27-3/h4-13H,2,14H2,1,3H3. The van der Waals surface area contributed by atoms with Gasteiger partial charge in [-0.3, -0.25) is 4.98 Å². The number of para-hydroxylation sites is 1. The minimum Gasteiger partial charge on any atom is -0.496 e. The van der Waals surface area contributed by atoms with E-state index < -0.39 is 0 Å². The van der Waals surface area contributed by atoms with Gasteiger partial charge in [0, 0.05) is 26.9 Å². The van der Waals surface area contributed by atoms with Crippen LogP contribution in [0.1, 0.15) is 16.8 Å². The van der Waals surface area contributed by atoms with Gasteiger partial charge in [0.1, 0.15) is 5.75 Å². The molecular weight excluding hydrogens is 424 g/mol. The molecule has 138 valence electrons. The van der Waals surface area contributed by atoms with Gasteiger partial charge in [0.2, 0.25) is 0 Å². The van der Waals surface area contributed by atoms with Gasteiger partial charge in [-0.2, -0.15) is 0 Å². The molecule has 3 nitrogen and oxygen atoms in total. The molecule has 3 rings (SSSR count). The van der Waals surface area contributed by atoms with Gasteiger partial charge in [0.25, 0.3) is 0 Å². The average molecular weight is 444 g/mol. The molecule has 0 saturated heterocycles. The van der Waals surface area contributed by atoms with E-state index in [1.807, 2.05) is 42.5 Å². The molecule has 1 heterocycles. The van der Waals surface area contributed by atoms with E-state index in [9.17, 15) is 0 Å². The molecule has 5 heteroatoms. The highest BCUT2D eigenvalue weighted by Crippen LogP contribution is 2.32. The van der Waals surface area contributed by atoms with Gasteiger partial charge in [-0.25, -0.2) is 0 Å². The summed E-state index contributed by atoms with van der Waals surface area (Å²) in [6, 6.07) is 17.8. The number of halogens is 2. The Morgan fingerprint density at radius 2 is 1.96 bits per heavy atom. The van der Waals surface area contributed by atoms with Crippen molar-refractivity contribution in [3.8, 4) is 5.75 Å². The van der Waals surface area contributed by atoms with Gasteiger partial charge in [0.15, 0.2) is 0 Å². The lowest BCUT2D eigenvalue weighted by Gasteiger charge is -2.29. The Labute approximate surface area is 173 Å². The molecule has 2 aromatic carbocycles. The zero-order chi connectivity index (χ0) is 19.4. The zero-order valence-corrected chi connectivity index (χ0v) is 17.6. The van der Waals surface area contributed by atoms with E-state index >= 15 is 0 Å². The van der Waals surface area contributed by atoms with Crippen molar-refractivity contribution in [2.45, 2.75) is 13.5 Å². The number of aryl methyl sites for hydroxylation is 1. The maximum atomic E-state index is 6.12. The quantitative estimate of drug-likeness (QED) is 0.435. The second-order valence-corrected chi connectivity index (χ2v) is 7.49. The summed E-state index contributed by atoms with van der Waals surface area (Å²) in [5, 5.41) is 0.644. The van der Waals surface area contributed by atoms with Crippen LogP contribution in [0.5, 0.6) is 5.75 Å². The fourth-order valence-electron chi connectivity index (χ4n) is 2.91. The Morgan fingerprint density at radius 1 is 1.19 bits per heavy atom. The van der Waals surface area contributed by atoms with Gasteiger partial charge >= 0.3 is 0 Å². The van der Waals surface area contributed by atoms with E-state index in [0.29, 0.717) is 11.6 Å². The van der Waals surface area contributed by atoms with Crippen molar-refractivity contribution in [1.29, 1.82) is 0 Å². The number of anilines is 1. The first-order valence-corrected chi connectivity index (χ1v) is 9.63. The molecule has 3 aromatic rings. The first-order chi connectivity index (χ1) is 13.0. The fourth-order valence-corrected chi connectivity index (χ4v) is 3.41. The third kappa shape index (κ3) is 4.52. The first-order valence-electron chi connectivity index (χ1n) is 8.46. The number of aromatic nitrogens is 1. The SMILES string of the molecule is C=C(c1cc(Br)ccn1)N(Cc1ccc(Cl)cc1OC)c1ccccc1C. The van der Waals surface area contributed by atoms with Crippen molar-refractivity contribution in [2.75, 3.05) is 12.0 Å². The van der Waals surface area contributed by atoms with Gasteiger partial charge in [-0.1, -0.05) is 58.4 Å². The van der Waals surface area contributed by atoms with E-state index in [1.165, 1.54) is 0 Å². The van der Waals surface area contributed by atoms with E-state index in [2.05, 4.69) is 51.4 Å². The highest BCUT2D eigenvalue weighted by Gasteiger charge is 2.18. The van der Waals surface area contributed by atoms with Crippen molar-refractivity contribution < 1.29 is 4.74 Å². The predicted molar refractivity (Wildman–Crippen MR) is 116 cm³/mol. The average Bonchev–Trinajstić information content (AvgIpc) is 2.67. The highest BCUT2D eigenvalue weighted by atomic mass is 79.9. The Hall–Kier alpha value is -2.30. The third-order valence-corrected chi connectivity index (χ3v) is 5.06. The molecule has 0 fully saturated rings. The Morgan fingerprint density at radius 3 is 2.67 bits per heavy atom. The van der Waals surface area contributed by atoms with Crippen molar-refractivity contribution in [3.63, 3.8) is 0 Å². The van der Waals surface area contributed by atoms with Crippen molar-refractivity contribution >= 4 is 38.9 Å². The lowest BCUT2D eigenvalue weighted by Crippen LogP contribution is -2.22. The minimum atomic E-state index is 0.582. The molecule has 0 aliphatic rings. The number of hydrogen-bond donors (Lipinski definition) is 0. The molecule has 0 atom stereocenters. The second-order valence-electron chi connectivity index (χ2n) is 6.13. The van der Waals surface area contributed by atoms with E-state index in [-0.39, 0.29) is 0 Å². The lowest BCUT2D eigenvalue weighted by atomic mass is 10.1. The molecule has 0 bridgehead atoms. The number of benzene rings is 2. The molecule has 0 aliphatic heterocycles. The van der Waals surface area contributed by atoms with Gasteiger partial charge in [0.05, 0.1) is 25.0 Å². The van der Waals surface area contributed by atoms with Crippen LogP contribution in [0.15, 0.2) is 71.8 Å². The Kier molecular flexibility index (Phi) is 6.19. The lowest BCUT2D eigenvalue weighted by molar-refractivity contribution is 0.410. The maximum absolute atomic E-state index is 6.12. The number of hydrogen-bond acceptors (Lipinski definition) is 3. The van der Waals surface area contributed by atoms with E-state index in [4.69, 9.17) is 16.3 Å². The summed E-state index contributed by atoms with van der Waals surface area (Å²) in [5.41, 5.74) is 4.85. The van der Waals surface area contributed by atoms with Crippen LogP contribution < -0.4 is 9.64 Å². The van der Waals surface area contributed by atoms with Crippen LogP contribution >= 0.6 is 27.5 Å². The second kappa shape index (κ2) is 8.59. The number of methoxy groups -OCH3 is 1. The number of pyridine rings is 1. The van der Waals surface area contributed by atoms with Crippen LogP contribution in [-0.4, -0.2) is 12.1 Å². The first kappa shape index (κ1) is 19.5. The molecule has 0 aliphatic carbocycles. The van der Waals surface area contributed by atoms with Crippen LogP contribution in [0.4, 0.5) is 5.69 Å². The third-order valence-electron chi connectivity index (χ3n) is 4.33. The van der Waals surface area contributed by atoms with Crippen LogP contribution in [-0.2, 0) is 6.54 Å². The Balaban J connectivity index is 2.06.